The van der Waals surface area contributed by atoms with Crippen molar-refractivity contribution in [3.05, 3.63) is 75.2 Å². The molecule has 0 radical (unpaired) electrons. The summed E-state index contributed by atoms with van der Waals surface area (Å²) in [6.45, 7) is 8.43. The van der Waals surface area contributed by atoms with E-state index in [0.717, 1.165) is 37.0 Å². The number of rotatable bonds is 8. The lowest BCUT2D eigenvalue weighted by Crippen LogP contribution is -2.04. The Kier molecular flexibility index (Phi) is 6.33. The molecule has 2 aromatic carbocycles. The Balaban J connectivity index is 1.45. The number of hydrogen-bond acceptors (Lipinski definition) is 4. The highest BCUT2D eigenvalue weighted by Crippen LogP contribution is 2.37. The topological polar surface area (TPSA) is 34.5 Å². The maximum atomic E-state index is 5.63. The summed E-state index contributed by atoms with van der Waals surface area (Å²) in [6, 6.07) is 15.3. The molecule has 156 valence electrons. The molecule has 4 heteroatoms. The molecular formula is C26H30N2OS. The van der Waals surface area contributed by atoms with Gasteiger partial charge in [0.2, 0.25) is 0 Å². The van der Waals surface area contributed by atoms with Crippen LogP contribution in [0.2, 0.25) is 0 Å². The molecule has 1 heterocycles. The minimum Gasteiger partial charge on any atom is -0.393 e. The van der Waals surface area contributed by atoms with Gasteiger partial charge in [0.05, 0.1) is 10.7 Å². The zero-order valence-electron chi connectivity index (χ0n) is 18.3. The summed E-state index contributed by atoms with van der Waals surface area (Å²) in [7, 11) is 0. The van der Waals surface area contributed by atoms with Crippen LogP contribution in [0.3, 0.4) is 0 Å². The Hall–Kier alpha value is -2.46. The maximum Gasteiger partial charge on any atom is 0.122 e. The molecule has 30 heavy (non-hydrogen) atoms. The first-order chi connectivity index (χ1) is 14.5. The summed E-state index contributed by atoms with van der Waals surface area (Å²) in [6.07, 6.45) is 4.53. The fourth-order valence-electron chi connectivity index (χ4n) is 3.84. The smallest absolute Gasteiger partial charge is 0.122 e. The Morgan fingerprint density at radius 3 is 2.37 bits per heavy atom. The van der Waals surface area contributed by atoms with Gasteiger partial charge in [-0.1, -0.05) is 55.4 Å². The highest BCUT2D eigenvalue weighted by Gasteiger charge is 2.25. The van der Waals surface area contributed by atoms with E-state index in [-0.39, 0.29) is 6.10 Å². The van der Waals surface area contributed by atoms with Gasteiger partial charge < -0.3 is 4.84 Å². The first-order valence-electron chi connectivity index (χ1n) is 10.9. The highest BCUT2D eigenvalue weighted by atomic mass is 32.1. The standard InChI is InChI=1S/C26H30N2OS/c1-17(2)26-27-20(16-30-26)10-6-5-9-19-13-14-22-21-11-7-8-12-23(21)25(24(22)15-19)28-29-18(3)4/h7-8,11-18H,5-6,9-10H2,1-4H3/b28-25-. The first kappa shape index (κ1) is 20.8. The van der Waals surface area contributed by atoms with Crippen molar-refractivity contribution in [3.63, 3.8) is 0 Å². The third-order valence-electron chi connectivity index (χ3n) is 5.38. The monoisotopic (exact) mass is 418 g/mol. The molecule has 1 aliphatic carbocycles. The second-order valence-corrected chi connectivity index (χ2v) is 9.45. The lowest BCUT2D eigenvalue weighted by Gasteiger charge is -2.07. The molecule has 0 aliphatic heterocycles. The summed E-state index contributed by atoms with van der Waals surface area (Å²) in [5.41, 5.74) is 8.41. The van der Waals surface area contributed by atoms with E-state index in [2.05, 4.69) is 66.8 Å². The van der Waals surface area contributed by atoms with E-state index in [1.54, 1.807) is 11.3 Å². The molecule has 0 unspecified atom stereocenters. The van der Waals surface area contributed by atoms with Gasteiger partial charge in [-0.05, 0) is 62.3 Å². The van der Waals surface area contributed by atoms with E-state index in [1.165, 1.54) is 33.0 Å². The molecule has 0 bridgehead atoms. The molecule has 1 aromatic heterocycles. The van der Waals surface area contributed by atoms with E-state index < -0.39 is 0 Å². The molecule has 1 aliphatic rings. The van der Waals surface area contributed by atoms with Gasteiger partial charge in [-0.15, -0.1) is 11.3 Å². The number of unbranched alkanes of at least 4 members (excludes halogenated alkanes) is 1. The van der Waals surface area contributed by atoms with Crippen LogP contribution in [0.1, 0.15) is 73.8 Å². The lowest BCUT2D eigenvalue weighted by molar-refractivity contribution is 0.0863. The summed E-state index contributed by atoms with van der Waals surface area (Å²) in [5, 5.41) is 7.98. The predicted octanol–water partition coefficient (Wildman–Crippen LogP) is 6.99. The van der Waals surface area contributed by atoms with E-state index in [9.17, 15) is 0 Å². The van der Waals surface area contributed by atoms with Crippen molar-refractivity contribution in [1.82, 2.24) is 4.98 Å². The first-order valence-corrected chi connectivity index (χ1v) is 11.8. The molecule has 0 atom stereocenters. The minimum atomic E-state index is 0.0684. The van der Waals surface area contributed by atoms with Gasteiger partial charge in [0.1, 0.15) is 11.8 Å². The number of thiazole rings is 1. The van der Waals surface area contributed by atoms with Crippen molar-refractivity contribution in [2.45, 2.75) is 65.4 Å². The molecule has 3 nitrogen and oxygen atoms in total. The fraction of sp³-hybridized carbons (Fsp3) is 0.385. The van der Waals surface area contributed by atoms with Crippen molar-refractivity contribution in [1.29, 1.82) is 0 Å². The lowest BCUT2D eigenvalue weighted by atomic mass is 10.00. The van der Waals surface area contributed by atoms with Crippen LogP contribution in [0.25, 0.3) is 11.1 Å². The Labute approximate surface area is 183 Å². The van der Waals surface area contributed by atoms with Crippen LogP contribution in [0.15, 0.2) is 53.0 Å². The molecule has 0 N–H and O–H groups in total. The van der Waals surface area contributed by atoms with Gasteiger partial charge >= 0.3 is 0 Å². The molecule has 0 spiro atoms. The fourth-order valence-corrected chi connectivity index (χ4v) is 4.71. The molecule has 0 fully saturated rings. The molecule has 0 amide bonds. The summed E-state index contributed by atoms with van der Waals surface area (Å²) < 4.78 is 0. The van der Waals surface area contributed by atoms with Gasteiger partial charge in [0.25, 0.3) is 0 Å². The normalized spacial score (nSPS) is 13.9. The number of oxime groups is 1. The van der Waals surface area contributed by atoms with Crippen molar-refractivity contribution in [2.75, 3.05) is 0 Å². The Morgan fingerprint density at radius 1 is 0.900 bits per heavy atom. The van der Waals surface area contributed by atoms with Crippen molar-refractivity contribution < 1.29 is 4.84 Å². The van der Waals surface area contributed by atoms with Crippen LogP contribution in [0.4, 0.5) is 0 Å². The van der Waals surface area contributed by atoms with E-state index >= 15 is 0 Å². The third-order valence-corrected chi connectivity index (χ3v) is 6.57. The van der Waals surface area contributed by atoms with Crippen LogP contribution in [-0.2, 0) is 17.7 Å². The van der Waals surface area contributed by atoms with Crippen molar-refractivity contribution >= 4 is 17.0 Å². The SMILES string of the molecule is CC(C)O/N=C1/c2ccccc2-c2ccc(CCCCc3csc(C(C)C)n3)cc21. The van der Waals surface area contributed by atoms with Gasteiger partial charge in [-0.2, -0.15) is 0 Å². The van der Waals surface area contributed by atoms with Gasteiger partial charge in [0.15, 0.2) is 0 Å². The average Bonchev–Trinajstić information content (AvgIpc) is 3.32. The van der Waals surface area contributed by atoms with Crippen molar-refractivity contribution in [2.24, 2.45) is 5.16 Å². The molecule has 0 saturated carbocycles. The van der Waals surface area contributed by atoms with Crippen LogP contribution in [0, 0.1) is 0 Å². The minimum absolute atomic E-state index is 0.0684. The summed E-state index contributed by atoms with van der Waals surface area (Å²) in [5.74, 6) is 0.523. The maximum absolute atomic E-state index is 5.63. The van der Waals surface area contributed by atoms with Gasteiger partial charge in [-0.25, -0.2) is 4.98 Å². The highest BCUT2D eigenvalue weighted by molar-refractivity contribution is 7.09. The molecule has 4 rings (SSSR count). The van der Waals surface area contributed by atoms with Crippen LogP contribution in [-0.4, -0.2) is 16.8 Å². The number of nitrogens with zero attached hydrogens (tertiary/aromatic N) is 2. The van der Waals surface area contributed by atoms with Crippen molar-refractivity contribution in [3.8, 4) is 11.1 Å². The quantitative estimate of drug-likeness (QED) is 0.228. The van der Waals surface area contributed by atoms with E-state index in [1.807, 2.05) is 13.8 Å². The van der Waals surface area contributed by atoms with E-state index in [4.69, 9.17) is 9.82 Å². The van der Waals surface area contributed by atoms with Crippen LogP contribution >= 0.6 is 11.3 Å². The second-order valence-electron chi connectivity index (χ2n) is 8.56. The zero-order valence-corrected chi connectivity index (χ0v) is 19.1. The Bertz CT molecular complexity index is 1050. The Morgan fingerprint density at radius 2 is 1.63 bits per heavy atom. The van der Waals surface area contributed by atoms with Crippen LogP contribution in [0.5, 0.6) is 0 Å². The second kappa shape index (κ2) is 9.13. The largest absolute Gasteiger partial charge is 0.393 e. The summed E-state index contributed by atoms with van der Waals surface area (Å²) >= 11 is 1.79. The number of fused-ring (bicyclic) bond motifs is 3. The number of benzene rings is 2. The van der Waals surface area contributed by atoms with Gasteiger partial charge in [0, 0.05) is 22.4 Å². The molecule has 0 saturated heterocycles. The molecular weight excluding hydrogens is 388 g/mol. The number of hydrogen-bond donors (Lipinski definition) is 0. The number of aryl methyl sites for hydroxylation is 2. The molecule has 3 aromatic rings. The van der Waals surface area contributed by atoms with E-state index in [0.29, 0.717) is 5.92 Å². The summed E-state index contributed by atoms with van der Waals surface area (Å²) in [4.78, 5) is 10.4. The van der Waals surface area contributed by atoms with Crippen LogP contribution < -0.4 is 0 Å². The average molecular weight is 419 g/mol. The predicted molar refractivity (Wildman–Crippen MR) is 127 cm³/mol. The number of aromatic nitrogens is 1. The van der Waals surface area contributed by atoms with Gasteiger partial charge in [-0.3, -0.25) is 0 Å². The third kappa shape index (κ3) is 4.49. The zero-order chi connectivity index (χ0) is 21.1.